The van der Waals surface area contributed by atoms with Crippen LogP contribution in [0.1, 0.15) is 37.1 Å². The van der Waals surface area contributed by atoms with Crippen molar-refractivity contribution in [3.8, 4) is 11.1 Å². The molecule has 0 fully saturated rings. The van der Waals surface area contributed by atoms with Crippen LogP contribution < -0.4 is 0 Å². The molecule has 140 valence electrons. The minimum atomic E-state index is -0.448. The van der Waals surface area contributed by atoms with Gasteiger partial charge in [-0.1, -0.05) is 29.8 Å². The van der Waals surface area contributed by atoms with E-state index in [4.69, 9.17) is 9.15 Å². The number of carbonyl (C=O) groups excluding carboxylic acids is 2. The smallest absolute Gasteiger partial charge is 0.341 e. The third kappa shape index (κ3) is 3.95. The molecule has 0 spiro atoms. The third-order valence-corrected chi connectivity index (χ3v) is 5.24. The predicted molar refractivity (Wildman–Crippen MR) is 105 cm³/mol. The lowest BCUT2D eigenvalue weighted by Crippen LogP contribution is -2.25. The standard InChI is InChI=1S/C21H21NO4S/c1-13-5-7-15(8-6-13)17-9-10-27-19(17)20(23)22(3)12-16-11-18(14(2)26-16)21(24)25-4/h5-11H,12H2,1-4H3. The maximum Gasteiger partial charge on any atom is 0.341 e. The number of hydrogen-bond acceptors (Lipinski definition) is 5. The average Bonchev–Trinajstić information content (AvgIpc) is 3.28. The van der Waals surface area contributed by atoms with E-state index in [9.17, 15) is 9.59 Å². The highest BCUT2D eigenvalue weighted by Gasteiger charge is 2.21. The van der Waals surface area contributed by atoms with Crippen molar-refractivity contribution in [1.82, 2.24) is 4.90 Å². The highest BCUT2D eigenvalue weighted by Crippen LogP contribution is 2.30. The Balaban J connectivity index is 1.80. The van der Waals surface area contributed by atoms with E-state index in [0.29, 0.717) is 22.0 Å². The fraction of sp³-hybridized carbons (Fsp3) is 0.238. The quantitative estimate of drug-likeness (QED) is 0.600. The summed E-state index contributed by atoms with van der Waals surface area (Å²) in [6.45, 7) is 4.00. The van der Waals surface area contributed by atoms with Gasteiger partial charge in [-0.2, -0.15) is 0 Å². The lowest BCUT2D eigenvalue weighted by Gasteiger charge is -2.16. The zero-order valence-corrected chi connectivity index (χ0v) is 16.6. The molecule has 0 radical (unpaired) electrons. The summed E-state index contributed by atoms with van der Waals surface area (Å²) in [6.07, 6.45) is 0. The van der Waals surface area contributed by atoms with Crippen molar-refractivity contribution in [1.29, 1.82) is 0 Å². The molecule has 0 unspecified atom stereocenters. The molecule has 0 saturated heterocycles. The number of thiophene rings is 1. The number of hydrogen-bond donors (Lipinski definition) is 0. The maximum atomic E-state index is 13.0. The molecule has 27 heavy (non-hydrogen) atoms. The number of esters is 1. The molecule has 3 rings (SSSR count). The number of nitrogens with zero attached hydrogens (tertiary/aromatic N) is 1. The van der Waals surface area contributed by atoms with Gasteiger partial charge in [0.2, 0.25) is 0 Å². The molecule has 3 aromatic rings. The first-order chi connectivity index (χ1) is 12.9. The van der Waals surface area contributed by atoms with Gasteiger partial charge in [-0.05, 0) is 36.9 Å². The van der Waals surface area contributed by atoms with Gasteiger partial charge in [0.15, 0.2) is 0 Å². The van der Waals surface area contributed by atoms with E-state index in [1.165, 1.54) is 24.0 Å². The van der Waals surface area contributed by atoms with Crippen molar-refractivity contribution in [2.24, 2.45) is 0 Å². The number of benzene rings is 1. The molecule has 2 heterocycles. The van der Waals surface area contributed by atoms with Gasteiger partial charge in [-0.25, -0.2) is 4.79 Å². The second-order valence-corrected chi connectivity index (χ2v) is 7.28. The normalized spacial score (nSPS) is 10.7. The number of aryl methyl sites for hydroxylation is 2. The summed E-state index contributed by atoms with van der Waals surface area (Å²) in [6, 6.07) is 11.7. The van der Waals surface area contributed by atoms with Gasteiger partial charge in [-0.3, -0.25) is 4.79 Å². The van der Waals surface area contributed by atoms with Crippen LogP contribution in [0.2, 0.25) is 0 Å². The predicted octanol–water partition coefficient (Wildman–Crippen LogP) is 4.68. The third-order valence-electron chi connectivity index (χ3n) is 4.34. The molecule has 1 amide bonds. The summed E-state index contributed by atoms with van der Waals surface area (Å²) in [7, 11) is 3.05. The Kier molecular flexibility index (Phi) is 5.46. The van der Waals surface area contributed by atoms with Crippen molar-refractivity contribution in [3.05, 3.63) is 69.3 Å². The highest BCUT2D eigenvalue weighted by molar-refractivity contribution is 7.12. The molecule has 0 saturated carbocycles. The van der Waals surface area contributed by atoms with Crippen LogP contribution in [0.15, 0.2) is 46.2 Å². The van der Waals surface area contributed by atoms with E-state index in [-0.39, 0.29) is 12.5 Å². The summed E-state index contributed by atoms with van der Waals surface area (Å²) in [5.41, 5.74) is 3.49. The van der Waals surface area contributed by atoms with Crippen LogP contribution in [-0.2, 0) is 11.3 Å². The van der Waals surface area contributed by atoms with Gasteiger partial charge in [0.25, 0.3) is 5.91 Å². The molecule has 0 N–H and O–H groups in total. The largest absolute Gasteiger partial charge is 0.465 e. The number of carbonyl (C=O) groups is 2. The Hall–Kier alpha value is -2.86. The first-order valence-corrected chi connectivity index (χ1v) is 9.36. The summed E-state index contributed by atoms with van der Waals surface area (Å²) < 4.78 is 10.3. The van der Waals surface area contributed by atoms with E-state index in [1.807, 2.05) is 42.6 Å². The van der Waals surface area contributed by atoms with Crippen LogP contribution >= 0.6 is 11.3 Å². The number of furan rings is 1. The maximum absolute atomic E-state index is 13.0. The van der Waals surface area contributed by atoms with Crippen molar-refractivity contribution < 1.29 is 18.7 Å². The zero-order chi connectivity index (χ0) is 19.6. The fourth-order valence-electron chi connectivity index (χ4n) is 2.85. The van der Waals surface area contributed by atoms with Gasteiger partial charge >= 0.3 is 5.97 Å². The molecule has 0 aliphatic carbocycles. The van der Waals surface area contributed by atoms with Gasteiger partial charge < -0.3 is 14.1 Å². The Labute approximate surface area is 162 Å². The minimum Gasteiger partial charge on any atom is -0.465 e. The molecular formula is C21H21NO4S. The van der Waals surface area contributed by atoms with Crippen LogP contribution in [0.4, 0.5) is 0 Å². The number of amides is 1. The zero-order valence-electron chi connectivity index (χ0n) is 15.7. The fourth-order valence-corrected chi connectivity index (χ4v) is 3.76. The molecule has 0 aliphatic rings. The van der Waals surface area contributed by atoms with Crippen LogP contribution in [0.25, 0.3) is 11.1 Å². The Bertz CT molecular complexity index is 968. The lowest BCUT2D eigenvalue weighted by atomic mass is 10.0. The summed E-state index contributed by atoms with van der Waals surface area (Å²) in [4.78, 5) is 26.9. The number of rotatable bonds is 5. The SMILES string of the molecule is COC(=O)c1cc(CN(C)C(=O)c2sccc2-c2ccc(C)cc2)oc1C. The van der Waals surface area contributed by atoms with E-state index >= 15 is 0 Å². The minimum absolute atomic E-state index is 0.0887. The van der Waals surface area contributed by atoms with Gasteiger partial charge in [0, 0.05) is 12.6 Å². The van der Waals surface area contributed by atoms with E-state index < -0.39 is 5.97 Å². The average molecular weight is 383 g/mol. The Morgan fingerprint density at radius 3 is 2.52 bits per heavy atom. The van der Waals surface area contributed by atoms with Crippen LogP contribution in [-0.4, -0.2) is 30.9 Å². The monoisotopic (exact) mass is 383 g/mol. The van der Waals surface area contributed by atoms with Crippen molar-refractivity contribution in [3.63, 3.8) is 0 Å². The summed E-state index contributed by atoms with van der Waals surface area (Å²) in [5, 5.41) is 1.92. The lowest BCUT2D eigenvalue weighted by molar-refractivity contribution is 0.0598. The van der Waals surface area contributed by atoms with Crippen LogP contribution in [0, 0.1) is 13.8 Å². The molecule has 6 heteroatoms. The topological polar surface area (TPSA) is 59.8 Å². The van der Waals surface area contributed by atoms with Crippen molar-refractivity contribution in [2.45, 2.75) is 20.4 Å². The van der Waals surface area contributed by atoms with Gasteiger partial charge in [0.05, 0.1) is 18.5 Å². The van der Waals surface area contributed by atoms with Crippen LogP contribution in [0.5, 0.6) is 0 Å². The van der Waals surface area contributed by atoms with Crippen molar-refractivity contribution >= 4 is 23.2 Å². The van der Waals surface area contributed by atoms with Crippen LogP contribution in [0.3, 0.4) is 0 Å². The van der Waals surface area contributed by atoms with Gasteiger partial charge in [0.1, 0.15) is 17.1 Å². The Morgan fingerprint density at radius 2 is 1.85 bits per heavy atom. The van der Waals surface area contributed by atoms with Crippen molar-refractivity contribution in [2.75, 3.05) is 14.2 Å². The molecule has 0 bridgehead atoms. The molecular weight excluding hydrogens is 362 g/mol. The second-order valence-electron chi connectivity index (χ2n) is 6.36. The second kappa shape index (κ2) is 7.80. The molecule has 5 nitrogen and oxygen atoms in total. The first-order valence-electron chi connectivity index (χ1n) is 8.48. The van der Waals surface area contributed by atoms with E-state index in [2.05, 4.69) is 0 Å². The molecule has 0 aliphatic heterocycles. The van der Waals surface area contributed by atoms with Gasteiger partial charge in [-0.15, -0.1) is 11.3 Å². The molecule has 2 aromatic heterocycles. The number of methoxy groups -OCH3 is 1. The summed E-state index contributed by atoms with van der Waals surface area (Å²) >= 11 is 1.42. The summed E-state index contributed by atoms with van der Waals surface area (Å²) in [5.74, 6) is 0.483. The first kappa shape index (κ1) is 18.9. The molecule has 1 aromatic carbocycles. The van der Waals surface area contributed by atoms with E-state index in [1.54, 1.807) is 24.9 Å². The molecule has 0 atom stereocenters. The Morgan fingerprint density at radius 1 is 1.15 bits per heavy atom. The van der Waals surface area contributed by atoms with E-state index in [0.717, 1.165) is 11.1 Å². The highest BCUT2D eigenvalue weighted by atomic mass is 32.1. The number of ether oxygens (including phenoxy) is 1.